The summed E-state index contributed by atoms with van der Waals surface area (Å²) in [5, 5.41) is -0.322. The molecule has 1 aromatic carbocycles. The number of ether oxygens (including phenoxy) is 2. The maximum Gasteiger partial charge on any atom is 0.422 e. The molecule has 1 aromatic heterocycles. The van der Waals surface area contributed by atoms with Crippen LogP contribution in [0.15, 0.2) is 30.3 Å². The van der Waals surface area contributed by atoms with Gasteiger partial charge < -0.3 is 15.2 Å². The third kappa shape index (κ3) is 5.13. The van der Waals surface area contributed by atoms with E-state index in [1.54, 1.807) is 0 Å². The standard InChI is InChI=1S/C18H13ClF5N3O4/c19-9-5-8(1-2-10(9)20)14(27-6-13(15(25)28)31-17(27)29)12-4-3-11(21)16(26-12)30-7-18(22,23)24/h1-5,13-14H,6-7H2,(H2,25,28)/t13?,14-/m0/s1. The number of rotatable bonds is 6. The summed E-state index contributed by atoms with van der Waals surface area (Å²) in [6.45, 7) is -2.14. The van der Waals surface area contributed by atoms with Crippen LogP contribution in [0.25, 0.3) is 0 Å². The topological polar surface area (TPSA) is 94.8 Å². The third-order valence-electron chi connectivity index (χ3n) is 4.22. The van der Waals surface area contributed by atoms with Crippen molar-refractivity contribution < 1.29 is 41.0 Å². The predicted octanol–water partition coefficient (Wildman–Crippen LogP) is 3.35. The Balaban J connectivity index is 2.05. The SMILES string of the molecule is NC(=O)C1CN([C@@H](c2ccc(F)c(Cl)c2)c2ccc(F)c(OCC(F)(F)F)n2)C(=O)O1. The fourth-order valence-electron chi connectivity index (χ4n) is 2.87. The number of hydrogen-bond donors (Lipinski definition) is 1. The molecule has 7 nitrogen and oxygen atoms in total. The van der Waals surface area contributed by atoms with Crippen LogP contribution in [-0.2, 0) is 9.53 Å². The van der Waals surface area contributed by atoms with E-state index in [2.05, 4.69) is 9.72 Å². The maximum atomic E-state index is 14.0. The number of hydrogen-bond acceptors (Lipinski definition) is 5. The van der Waals surface area contributed by atoms with Gasteiger partial charge in [-0.25, -0.2) is 18.6 Å². The van der Waals surface area contributed by atoms with Crippen LogP contribution < -0.4 is 10.5 Å². The molecule has 1 fully saturated rings. The first-order valence-electron chi connectivity index (χ1n) is 8.54. The molecule has 0 spiro atoms. The van der Waals surface area contributed by atoms with Crippen molar-refractivity contribution in [2.45, 2.75) is 18.3 Å². The van der Waals surface area contributed by atoms with E-state index in [0.29, 0.717) is 0 Å². The van der Waals surface area contributed by atoms with Crippen molar-refractivity contribution in [1.82, 2.24) is 9.88 Å². The molecule has 1 aliphatic heterocycles. The molecule has 0 aliphatic carbocycles. The molecular weight excluding hydrogens is 453 g/mol. The zero-order chi connectivity index (χ0) is 22.9. The Labute approximate surface area is 176 Å². The lowest BCUT2D eigenvalue weighted by Crippen LogP contribution is -2.35. The Bertz CT molecular complexity index is 1020. The van der Waals surface area contributed by atoms with Gasteiger partial charge in [-0.1, -0.05) is 17.7 Å². The fraction of sp³-hybridized carbons (Fsp3) is 0.278. The molecule has 2 atom stereocenters. The van der Waals surface area contributed by atoms with Crippen LogP contribution in [0.4, 0.5) is 26.7 Å². The monoisotopic (exact) mass is 465 g/mol. The molecule has 2 N–H and O–H groups in total. The number of pyridine rings is 1. The number of cyclic esters (lactones) is 1. The van der Waals surface area contributed by atoms with Crippen molar-refractivity contribution in [2.24, 2.45) is 5.73 Å². The van der Waals surface area contributed by atoms with Gasteiger partial charge in [0.2, 0.25) is 0 Å². The fourth-order valence-corrected chi connectivity index (χ4v) is 3.06. The van der Waals surface area contributed by atoms with Gasteiger partial charge in [0.15, 0.2) is 18.5 Å². The second kappa shape index (κ2) is 8.53. The smallest absolute Gasteiger partial charge is 0.422 e. The highest BCUT2D eigenvalue weighted by Crippen LogP contribution is 2.34. The average Bonchev–Trinajstić information content (AvgIpc) is 3.06. The quantitative estimate of drug-likeness (QED) is 0.660. The molecule has 3 rings (SSSR count). The predicted molar refractivity (Wildman–Crippen MR) is 95.2 cm³/mol. The van der Waals surface area contributed by atoms with Crippen LogP contribution in [0.1, 0.15) is 17.3 Å². The number of nitrogens with two attached hydrogens (primary N) is 1. The highest BCUT2D eigenvalue weighted by molar-refractivity contribution is 6.30. The van der Waals surface area contributed by atoms with Crippen LogP contribution in [0.2, 0.25) is 5.02 Å². The van der Waals surface area contributed by atoms with Crippen LogP contribution in [0.3, 0.4) is 0 Å². The van der Waals surface area contributed by atoms with Gasteiger partial charge in [0.05, 0.1) is 17.3 Å². The van der Waals surface area contributed by atoms with Crippen molar-refractivity contribution in [3.63, 3.8) is 0 Å². The first-order chi connectivity index (χ1) is 14.5. The molecule has 1 unspecified atom stereocenters. The van der Waals surface area contributed by atoms with Crippen LogP contribution in [0, 0.1) is 11.6 Å². The zero-order valence-corrected chi connectivity index (χ0v) is 16.1. The van der Waals surface area contributed by atoms with E-state index in [1.807, 2.05) is 0 Å². The minimum atomic E-state index is -4.75. The van der Waals surface area contributed by atoms with Crippen molar-refractivity contribution in [2.75, 3.05) is 13.2 Å². The van der Waals surface area contributed by atoms with E-state index >= 15 is 0 Å². The van der Waals surface area contributed by atoms with Crippen LogP contribution >= 0.6 is 11.6 Å². The second-order valence-electron chi connectivity index (χ2n) is 6.43. The number of primary amides is 1. The van der Waals surface area contributed by atoms with E-state index in [4.69, 9.17) is 22.1 Å². The van der Waals surface area contributed by atoms with Gasteiger partial charge in [-0.05, 0) is 29.8 Å². The molecule has 2 aromatic rings. The molecule has 1 saturated heterocycles. The number of alkyl halides is 3. The number of carbonyl (C=O) groups excluding carboxylic acids is 2. The first kappa shape index (κ1) is 22.5. The highest BCUT2D eigenvalue weighted by atomic mass is 35.5. The number of aromatic nitrogens is 1. The van der Waals surface area contributed by atoms with Gasteiger partial charge in [0, 0.05) is 0 Å². The van der Waals surface area contributed by atoms with Crippen molar-refractivity contribution in [3.8, 4) is 5.88 Å². The summed E-state index contributed by atoms with van der Waals surface area (Å²) < 4.78 is 74.2. The molecule has 166 valence electrons. The molecule has 1 aliphatic rings. The molecule has 31 heavy (non-hydrogen) atoms. The molecule has 0 saturated carbocycles. The second-order valence-corrected chi connectivity index (χ2v) is 6.84. The summed E-state index contributed by atoms with van der Waals surface area (Å²) in [4.78, 5) is 28.5. The van der Waals surface area contributed by atoms with Gasteiger partial charge in [-0.2, -0.15) is 13.2 Å². The van der Waals surface area contributed by atoms with E-state index in [-0.39, 0.29) is 22.8 Å². The summed E-state index contributed by atoms with van der Waals surface area (Å²) in [5.74, 6) is -3.85. The largest absolute Gasteiger partial charge is 0.466 e. The average molecular weight is 466 g/mol. The van der Waals surface area contributed by atoms with E-state index in [1.165, 1.54) is 6.07 Å². The lowest BCUT2D eigenvalue weighted by atomic mass is 10.0. The van der Waals surface area contributed by atoms with Gasteiger partial charge >= 0.3 is 12.3 Å². The number of benzene rings is 1. The van der Waals surface area contributed by atoms with Crippen molar-refractivity contribution in [3.05, 3.63) is 58.2 Å². The summed E-state index contributed by atoms with van der Waals surface area (Å²) in [7, 11) is 0. The Morgan fingerprint density at radius 2 is 1.97 bits per heavy atom. The van der Waals surface area contributed by atoms with E-state index in [9.17, 15) is 31.5 Å². The minimum absolute atomic E-state index is 0.150. The summed E-state index contributed by atoms with van der Waals surface area (Å²) >= 11 is 5.81. The summed E-state index contributed by atoms with van der Waals surface area (Å²) in [5.41, 5.74) is 5.17. The van der Waals surface area contributed by atoms with Crippen LogP contribution in [-0.4, -0.2) is 47.3 Å². The molecule has 2 amide bonds. The highest BCUT2D eigenvalue weighted by Gasteiger charge is 2.41. The number of amides is 2. The molecule has 0 radical (unpaired) electrons. The van der Waals surface area contributed by atoms with Crippen molar-refractivity contribution in [1.29, 1.82) is 0 Å². The van der Waals surface area contributed by atoms with Gasteiger partial charge in [-0.3, -0.25) is 9.69 Å². The Kier molecular flexibility index (Phi) is 6.20. The van der Waals surface area contributed by atoms with Crippen LogP contribution in [0.5, 0.6) is 5.88 Å². The van der Waals surface area contributed by atoms with Gasteiger partial charge in [0.25, 0.3) is 11.8 Å². The number of carbonyl (C=O) groups is 2. The van der Waals surface area contributed by atoms with E-state index in [0.717, 1.165) is 29.2 Å². The van der Waals surface area contributed by atoms with Gasteiger partial charge in [-0.15, -0.1) is 0 Å². The summed E-state index contributed by atoms with van der Waals surface area (Å²) in [6.07, 6.45) is -7.06. The lowest BCUT2D eigenvalue weighted by molar-refractivity contribution is -0.154. The maximum absolute atomic E-state index is 14.0. The summed E-state index contributed by atoms with van der Waals surface area (Å²) in [6, 6.07) is 4.01. The Morgan fingerprint density at radius 3 is 2.55 bits per heavy atom. The normalized spacial score (nSPS) is 17.4. The minimum Gasteiger partial charge on any atom is -0.466 e. The zero-order valence-electron chi connectivity index (χ0n) is 15.3. The van der Waals surface area contributed by atoms with Gasteiger partial charge in [0.1, 0.15) is 11.9 Å². The first-order valence-corrected chi connectivity index (χ1v) is 8.91. The molecular formula is C18H13ClF5N3O4. The third-order valence-corrected chi connectivity index (χ3v) is 4.51. The molecule has 0 bridgehead atoms. The number of nitrogens with zero attached hydrogens (tertiary/aromatic N) is 2. The number of halogens is 6. The molecule has 2 heterocycles. The van der Waals surface area contributed by atoms with Crippen molar-refractivity contribution >= 4 is 23.6 Å². The Morgan fingerprint density at radius 1 is 1.29 bits per heavy atom. The lowest BCUT2D eigenvalue weighted by Gasteiger charge is -2.26. The molecule has 13 heteroatoms. The van der Waals surface area contributed by atoms with E-state index < -0.39 is 54.4 Å². The Hall–Kier alpha value is -3.15.